The molecular formula is C23H28N4O2. The Morgan fingerprint density at radius 2 is 2.10 bits per heavy atom. The number of likely N-dealkylation sites (tertiary alicyclic amines) is 1. The van der Waals surface area contributed by atoms with Crippen molar-refractivity contribution in [3.8, 4) is 0 Å². The zero-order valence-electron chi connectivity index (χ0n) is 16.9. The van der Waals surface area contributed by atoms with E-state index in [9.17, 15) is 9.59 Å². The van der Waals surface area contributed by atoms with E-state index in [1.165, 1.54) is 11.1 Å². The predicted octanol–water partition coefficient (Wildman–Crippen LogP) is 2.44. The van der Waals surface area contributed by atoms with Gasteiger partial charge in [-0.2, -0.15) is 0 Å². The molecular weight excluding hydrogens is 364 g/mol. The highest BCUT2D eigenvalue weighted by molar-refractivity contribution is 5.89. The van der Waals surface area contributed by atoms with Crippen molar-refractivity contribution in [3.05, 3.63) is 65.5 Å². The summed E-state index contributed by atoms with van der Waals surface area (Å²) in [5, 5.41) is 2.93. The summed E-state index contributed by atoms with van der Waals surface area (Å²) in [6.07, 6.45) is 3.87. The minimum absolute atomic E-state index is 0.0144. The number of carbonyl (C=O) groups excluding carboxylic acids is 2. The fourth-order valence-corrected chi connectivity index (χ4v) is 4.45. The molecule has 4 rings (SSSR count). The van der Waals surface area contributed by atoms with Gasteiger partial charge in [-0.1, -0.05) is 35.9 Å². The number of carbonyl (C=O) groups is 2. The number of piperazine rings is 1. The van der Waals surface area contributed by atoms with Gasteiger partial charge in [-0.3, -0.25) is 19.5 Å². The SMILES string of the molecule is Cc1cccc(CN2CCNC(=O)C2CC(=O)N2CCCC2c2ccccn2)c1. The van der Waals surface area contributed by atoms with Gasteiger partial charge in [-0.25, -0.2) is 0 Å². The van der Waals surface area contributed by atoms with E-state index in [0.717, 1.165) is 31.6 Å². The van der Waals surface area contributed by atoms with E-state index >= 15 is 0 Å². The van der Waals surface area contributed by atoms with Crippen molar-refractivity contribution in [2.24, 2.45) is 0 Å². The number of aromatic nitrogens is 1. The Hall–Kier alpha value is -2.73. The Morgan fingerprint density at radius 3 is 2.90 bits per heavy atom. The number of benzene rings is 1. The van der Waals surface area contributed by atoms with Crippen LogP contribution in [0.2, 0.25) is 0 Å². The number of rotatable bonds is 5. The van der Waals surface area contributed by atoms with Gasteiger partial charge in [-0.15, -0.1) is 0 Å². The van der Waals surface area contributed by atoms with E-state index in [4.69, 9.17) is 0 Å². The summed E-state index contributed by atoms with van der Waals surface area (Å²) in [7, 11) is 0. The van der Waals surface area contributed by atoms with E-state index in [0.29, 0.717) is 13.1 Å². The van der Waals surface area contributed by atoms with Crippen molar-refractivity contribution in [3.63, 3.8) is 0 Å². The van der Waals surface area contributed by atoms with Gasteiger partial charge in [0, 0.05) is 32.4 Å². The third-order valence-electron chi connectivity index (χ3n) is 5.88. The van der Waals surface area contributed by atoms with Gasteiger partial charge in [0.15, 0.2) is 0 Å². The van der Waals surface area contributed by atoms with Crippen molar-refractivity contribution in [2.75, 3.05) is 19.6 Å². The van der Waals surface area contributed by atoms with Gasteiger partial charge >= 0.3 is 0 Å². The molecule has 0 radical (unpaired) electrons. The van der Waals surface area contributed by atoms with Crippen LogP contribution in [-0.2, 0) is 16.1 Å². The maximum absolute atomic E-state index is 13.2. The number of aryl methyl sites for hydroxylation is 1. The van der Waals surface area contributed by atoms with Crippen molar-refractivity contribution >= 4 is 11.8 Å². The lowest BCUT2D eigenvalue weighted by Crippen LogP contribution is -2.56. The van der Waals surface area contributed by atoms with Crippen LogP contribution in [0, 0.1) is 6.92 Å². The van der Waals surface area contributed by atoms with Crippen LogP contribution < -0.4 is 5.32 Å². The van der Waals surface area contributed by atoms with E-state index in [2.05, 4.69) is 40.3 Å². The second-order valence-electron chi connectivity index (χ2n) is 7.97. The summed E-state index contributed by atoms with van der Waals surface area (Å²) >= 11 is 0. The molecule has 0 bridgehead atoms. The molecule has 2 aliphatic rings. The minimum atomic E-state index is -0.429. The number of hydrogen-bond acceptors (Lipinski definition) is 4. The van der Waals surface area contributed by atoms with Crippen molar-refractivity contribution in [1.82, 2.24) is 20.1 Å². The first-order chi connectivity index (χ1) is 14.1. The lowest BCUT2D eigenvalue weighted by molar-refractivity contribution is -0.139. The lowest BCUT2D eigenvalue weighted by atomic mass is 10.0. The quantitative estimate of drug-likeness (QED) is 0.849. The Labute approximate surface area is 171 Å². The molecule has 6 heteroatoms. The molecule has 2 amide bonds. The Balaban J connectivity index is 1.47. The first-order valence-electron chi connectivity index (χ1n) is 10.4. The molecule has 1 N–H and O–H groups in total. The summed E-state index contributed by atoms with van der Waals surface area (Å²) in [4.78, 5) is 34.3. The Bertz CT molecular complexity index is 870. The maximum atomic E-state index is 13.2. The average Bonchev–Trinajstić information content (AvgIpc) is 3.21. The van der Waals surface area contributed by atoms with Crippen molar-refractivity contribution in [2.45, 2.75) is 44.8 Å². The van der Waals surface area contributed by atoms with Crippen LogP contribution in [0.3, 0.4) is 0 Å². The molecule has 1 aromatic heterocycles. The summed E-state index contributed by atoms with van der Waals surface area (Å²) in [5.41, 5.74) is 3.31. The zero-order chi connectivity index (χ0) is 20.2. The standard InChI is InChI=1S/C23H28N4O2/c1-17-6-4-7-18(14-17)16-26-13-11-25-23(29)21(26)15-22(28)27-12-5-9-20(27)19-8-2-3-10-24-19/h2-4,6-8,10,14,20-21H,5,9,11-13,15-16H2,1H3,(H,25,29). The highest BCUT2D eigenvalue weighted by Gasteiger charge is 2.36. The van der Waals surface area contributed by atoms with Crippen LogP contribution in [0.4, 0.5) is 0 Å². The Morgan fingerprint density at radius 1 is 1.21 bits per heavy atom. The molecule has 0 aliphatic carbocycles. The summed E-state index contributed by atoms with van der Waals surface area (Å²) in [6, 6.07) is 13.7. The van der Waals surface area contributed by atoms with E-state index < -0.39 is 6.04 Å². The minimum Gasteiger partial charge on any atom is -0.353 e. The maximum Gasteiger partial charge on any atom is 0.237 e. The molecule has 2 saturated heterocycles. The molecule has 152 valence electrons. The number of nitrogens with one attached hydrogen (secondary N) is 1. The topological polar surface area (TPSA) is 65.5 Å². The van der Waals surface area contributed by atoms with Gasteiger partial charge in [0.1, 0.15) is 0 Å². The smallest absolute Gasteiger partial charge is 0.237 e. The number of pyridine rings is 1. The first-order valence-corrected chi connectivity index (χ1v) is 10.4. The van der Waals surface area contributed by atoms with Crippen LogP contribution in [0.25, 0.3) is 0 Å². The number of nitrogens with zero attached hydrogens (tertiary/aromatic N) is 3. The van der Waals surface area contributed by atoms with Crippen LogP contribution in [0.1, 0.15) is 42.1 Å². The third-order valence-corrected chi connectivity index (χ3v) is 5.88. The molecule has 6 nitrogen and oxygen atoms in total. The predicted molar refractivity (Wildman–Crippen MR) is 111 cm³/mol. The molecule has 1 aromatic carbocycles. The second kappa shape index (κ2) is 8.74. The molecule has 2 unspecified atom stereocenters. The summed E-state index contributed by atoms with van der Waals surface area (Å²) < 4.78 is 0. The molecule has 2 aromatic rings. The summed E-state index contributed by atoms with van der Waals surface area (Å²) in [6.45, 7) is 4.85. The first kappa shape index (κ1) is 19.6. The van der Waals surface area contributed by atoms with Gasteiger partial charge < -0.3 is 10.2 Å². The highest BCUT2D eigenvalue weighted by Crippen LogP contribution is 2.31. The summed E-state index contributed by atoms with van der Waals surface area (Å²) in [5.74, 6) is -0.0136. The van der Waals surface area contributed by atoms with Crippen LogP contribution >= 0.6 is 0 Å². The van der Waals surface area contributed by atoms with Crippen LogP contribution in [0.15, 0.2) is 48.7 Å². The molecule has 29 heavy (non-hydrogen) atoms. The highest BCUT2D eigenvalue weighted by atomic mass is 16.2. The van der Waals surface area contributed by atoms with Gasteiger partial charge in [0.25, 0.3) is 0 Å². The zero-order valence-corrected chi connectivity index (χ0v) is 16.9. The number of hydrogen-bond donors (Lipinski definition) is 1. The fourth-order valence-electron chi connectivity index (χ4n) is 4.45. The van der Waals surface area contributed by atoms with Crippen molar-refractivity contribution in [1.29, 1.82) is 0 Å². The lowest BCUT2D eigenvalue weighted by Gasteiger charge is -2.36. The van der Waals surface area contributed by atoms with Crippen LogP contribution in [0.5, 0.6) is 0 Å². The van der Waals surface area contributed by atoms with E-state index in [-0.39, 0.29) is 24.3 Å². The Kier molecular flexibility index (Phi) is 5.90. The molecule has 0 saturated carbocycles. The average molecular weight is 393 g/mol. The molecule has 2 aliphatic heterocycles. The van der Waals surface area contributed by atoms with Crippen LogP contribution in [-0.4, -0.2) is 52.3 Å². The molecule has 2 atom stereocenters. The van der Waals surface area contributed by atoms with Gasteiger partial charge in [-0.05, 0) is 37.5 Å². The monoisotopic (exact) mass is 392 g/mol. The number of amides is 2. The van der Waals surface area contributed by atoms with E-state index in [1.54, 1.807) is 6.20 Å². The van der Waals surface area contributed by atoms with Crippen molar-refractivity contribution < 1.29 is 9.59 Å². The molecule has 2 fully saturated rings. The normalized spacial score (nSPS) is 22.5. The fraction of sp³-hybridized carbons (Fsp3) is 0.435. The largest absolute Gasteiger partial charge is 0.353 e. The van der Waals surface area contributed by atoms with Gasteiger partial charge in [0.05, 0.1) is 24.2 Å². The van der Waals surface area contributed by atoms with E-state index in [1.807, 2.05) is 29.2 Å². The molecule has 3 heterocycles. The second-order valence-corrected chi connectivity index (χ2v) is 7.97. The molecule has 0 spiro atoms. The third kappa shape index (κ3) is 4.48. The van der Waals surface area contributed by atoms with Gasteiger partial charge in [0.2, 0.25) is 11.8 Å².